The molecule has 0 spiro atoms. The average Bonchev–Trinajstić information content (AvgIpc) is 2.54. The quantitative estimate of drug-likeness (QED) is 0.657. The average molecular weight is 316 g/mol. The summed E-state index contributed by atoms with van der Waals surface area (Å²) in [6.07, 6.45) is 4.91. The number of rotatable bonds is 4. The summed E-state index contributed by atoms with van der Waals surface area (Å²) in [7, 11) is 0. The fourth-order valence-electron chi connectivity index (χ4n) is 2.58. The van der Waals surface area contributed by atoms with Crippen LogP contribution in [0.3, 0.4) is 0 Å². The normalized spacial score (nSPS) is 18.6. The van der Waals surface area contributed by atoms with Crippen LogP contribution in [0, 0.1) is 6.92 Å². The second-order valence-corrected chi connectivity index (χ2v) is 6.21. The molecule has 0 fully saturated rings. The van der Waals surface area contributed by atoms with Gasteiger partial charge in [-0.15, -0.1) is 0 Å². The molecule has 0 aliphatic carbocycles. The van der Waals surface area contributed by atoms with Crippen LogP contribution >= 0.6 is 11.8 Å². The predicted octanol–water partition coefficient (Wildman–Crippen LogP) is 3.76. The molecule has 1 aliphatic rings. The van der Waals surface area contributed by atoms with Crippen molar-refractivity contribution in [3.8, 4) is 0 Å². The summed E-state index contributed by atoms with van der Waals surface area (Å²) in [5.74, 6) is 0. The van der Waals surface area contributed by atoms with Gasteiger partial charge in [-0.25, -0.2) is 9.98 Å². The van der Waals surface area contributed by atoms with Crippen molar-refractivity contribution in [2.24, 2.45) is 9.98 Å². The molecule has 5 heteroatoms. The molecule has 2 rings (SSSR count). The highest BCUT2D eigenvalue weighted by molar-refractivity contribution is 8.13. The van der Waals surface area contributed by atoms with Crippen LogP contribution in [0.25, 0.3) is 0 Å². The van der Waals surface area contributed by atoms with Gasteiger partial charge in [-0.1, -0.05) is 30.0 Å². The van der Waals surface area contributed by atoms with Crippen LogP contribution in [0.2, 0.25) is 0 Å². The third-order valence-corrected chi connectivity index (χ3v) is 4.36. The van der Waals surface area contributed by atoms with Crippen molar-refractivity contribution in [3.05, 3.63) is 41.1 Å². The summed E-state index contributed by atoms with van der Waals surface area (Å²) in [4.78, 5) is 8.18. The Morgan fingerprint density at radius 2 is 2.36 bits per heavy atom. The maximum Gasteiger partial charge on any atom is 0.186 e. The van der Waals surface area contributed by atoms with Crippen molar-refractivity contribution < 1.29 is 0 Å². The first-order valence-electron chi connectivity index (χ1n) is 7.46. The molecular weight excluding hydrogens is 292 g/mol. The Kier molecular flexibility index (Phi) is 6.21. The Hall–Kier alpha value is -1.59. The number of amidine groups is 1. The molecule has 0 bridgehead atoms. The summed E-state index contributed by atoms with van der Waals surface area (Å²) in [5.41, 5.74) is 5.14. The fraction of sp³-hybridized carbons (Fsp3) is 0.412. The minimum atomic E-state index is 0.390. The number of nitrogens with zero attached hydrogens (tertiary/aromatic N) is 2. The first-order valence-corrected chi connectivity index (χ1v) is 8.69. The number of nitrogens with one attached hydrogen (secondary N) is 2. The van der Waals surface area contributed by atoms with Crippen molar-refractivity contribution in [2.45, 2.75) is 26.3 Å². The number of para-hydroxylation sites is 1. The van der Waals surface area contributed by atoms with Gasteiger partial charge in [0.2, 0.25) is 0 Å². The number of thioether (sulfide) groups is 1. The van der Waals surface area contributed by atoms with Gasteiger partial charge in [0.05, 0.1) is 0 Å². The van der Waals surface area contributed by atoms with E-state index in [9.17, 15) is 0 Å². The molecule has 118 valence electrons. The van der Waals surface area contributed by atoms with E-state index in [1.165, 1.54) is 34.1 Å². The number of benzene rings is 1. The Balaban J connectivity index is 2.02. The molecule has 4 nitrogen and oxygen atoms in total. The van der Waals surface area contributed by atoms with Gasteiger partial charge < -0.3 is 10.6 Å². The van der Waals surface area contributed by atoms with Crippen LogP contribution in [0.1, 0.15) is 30.5 Å². The summed E-state index contributed by atoms with van der Waals surface area (Å²) in [6, 6.07) is 6.88. The van der Waals surface area contributed by atoms with Crippen LogP contribution in [-0.4, -0.2) is 31.2 Å². The molecule has 1 unspecified atom stereocenters. The lowest BCUT2D eigenvalue weighted by atomic mass is 9.95. The van der Waals surface area contributed by atoms with E-state index in [-0.39, 0.29) is 0 Å². The minimum absolute atomic E-state index is 0.390. The molecule has 0 aromatic heterocycles. The van der Waals surface area contributed by atoms with Crippen LogP contribution in [-0.2, 0) is 0 Å². The summed E-state index contributed by atoms with van der Waals surface area (Å²) >= 11 is 1.50. The van der Waals surface area contributed by atoms with E-state index in [0.717, 1.165) is 19.5 Å². The lowest BCUT2D eigenvalue weighted by Gasteiger charge is -2.29. The van der Waals surface area contributed by atoms with Crippen molar-refractivity contribution in [3.63, 3.8) is 0 Å². The van der Waals surface area contributed by atoms with E-state index in [1.54, 1.807) is 0 Å². The molecule has 0 amide bonds. The lowest BCUT2D eigenvalue weighted by molar-refractivity contribution is 0.522. The molecule has 1 aliphatic heterocycles. The second-order valence-electron chi connectivity index (χ2n) is 5.44. The summed E-state index contributed by atoms with van der Waals surface area (Å²) in [5, 5.41) is 7.84. The van der Waals surface area contributed by atoms with Gasteiger partial charge in [-0.05, 0) is 49.9 Å². The maximum absolute atomic E-state index is 4.32. The third-order valence-electron chi connectivity index (χ3n) is 3.76. The van der Waals surface area contributed by atoms with Crippen molar-refractivity contribution >= 4 is 29.3 Å². The predicted molar refractivity (Wildman–Crippen MR) is 99.3 cm³/mol. The second kappa shape index (κ2) is 8.15. The topological polar surface area (TPSA) is 48.8 Å². The monoisotopic (exact) mass is 316 g/mol. The highest BCUT2D eigenvalue weighted by Gasteiger charge is 2.20. The van der Waals surface area contributed by atoms with Crippen LogP contribution < -0.4 is 10.6 Å². The Labute approximate surface area is 137 Å². The van der Waals surface area contributed by atoms with E-state index in [4.69, 9.17) is 0 Å². The lowest BCUT2D eigenvalue weighted by Crippen LogP contribution is -2.29. The number of aliphatic imine (C=N–C) groups is 2. The maximum atomic E-state index is 4.32. The smallest absolute Gasteiger partial charge is 0.186 e. The SMILES string of the molecule is C=NC(=N/C=C(\C)CNC1CCNc2c(C)cccc21)SC. The van der Waals surface area contributed by atoms with E-state index >= 15 is 0 Å². The van der Waals surface area contributed by atoms with Gasteiger partial charge in [0.25, 0.3) is 0 Å². The number of anilines is 1. The van der Waals surface area contributed by atoms with Gasteiger partial charge in [0.1, 0.15) is 0 Å². The number of fused-ring (bicyclic) bond motifs is 1. The van der Waals surface area contributed by atoms with E-state index in [2.05, 4.69) is 59.4 Å². The summed E-state index contributed by atoms with van der Waals surface area (Å²) in [6.45, 7) is 9.57. The molecule has 0 radical (unpaired) electrons. The van der Waals surface area contributed by atoms with Crippen LogP contribution in [0.4, 0.5) is 5.69 Å². The first-order chi connectivity index (χ1) is 10.7. The molecule has 0 saturated carbocycles. The Morgan fingerprint density at radius 1 is 1.55 bits per heavy atom. The van der Waals surface area contributed by atoms with E-state index in [0.29, 0.717) is 11.2 Å². The molecule has 1 atom stereocenters. The van der Waals surface area contributed by atoms with Gasteiger partial charge >= 0.3 is 0 Å². The van der Waals surface area contributed by atoms with Gasteiger partial charge in [0.15, 0.2) is 5.17 Å². The van der Waals surface area contributed by atoms with Crippen molar-refractivity contribution in [2.75, 3.05) is 24.7 Å². The first kappa shape index (κ1) is 16.8. The molecular formula is C17H24N4S. The molecule has 2 N–H and O–H groups in total. The van der Waals surface area contributed by atoms with Crippen LogP contribution in [0.15, 0.2) is 40.0 Å². The number of hydrogen-bond acceptors (Lipinski definition) is 4. The zero-order valence-corrected chi connectivity index (χ0v) is 14.3. The van der Waals surface area contributed by atoms with Crippen LogP contribution in [0.5, 0.6) is 0 Å². The molecule has 22 heavy (non-hydrogen) atoms. The largest absolute Gasteiger partial charge is 0.384 e. The fourth-order valence-corrected chi connectivity index (χ4v) is 2.87. The Morgan fingerprint density at radius 3 is 3.09 bits per heavy atom. The van der Waals surface area contributed by atoms with E-state index < -0.39 is 0 Å². The molecule has 1 heterocycles. The minimum Gasteiger partial charge on any atom is -0.384 e. The van der Waals surface area contributed by atoms with Crippen molar-refractivity contribution in [1.82, 2.24) is 5.32 Å². The van der Waals surface area contributed by atoms with E-state index in [1.807, 2.05) is 12.5 Å². The Bertz CT molecular complexity index is 592. The zero-order valence-electron chi connectivity index (χ0n) is 13.5. The van der Waals surface area contributed by atoms with Crippen molar-refractivity contribution in [1.29, 1.82) is 0 Å². The highest BCUT2D eigenvalue weighted by Crippen LogP contribution is 2.32. The number of hydrogen-bond donors (Lipinski definition) is 2. The van der Waals surface area contributed by atoms with Gasteiger partial charge in [0, 0.05) is 31.0 Å². The molecule has 1 aromatic rings. The van der Waals surface area contributed by atoms with Gasteiger partial charge in [-0.2, -0.15) is 0 Å². The summed E-state index contributed by atoms with van der Waals surface area (Å²) < 4.78 is 0. The standard InChI is InChI=1S/C17H24N4S/c1-12(11-21-17(18-3)22-4)10-20-15-8-9-19-16-13(2)6-5-7-14(15)16/h5-7,11,15,19-20H,3,8-10H2,1-2,4H3/b12-11+,21-17?. The van der Waals surface area contributed by atoms with Gasteiger partial charge in [-0.3, -0.25) is 0 Å². The highest BCUT2D eigenvalue weighted by atomic mass is 32.2. The zero-order chi connectivity index (χ0) is 15.9. The molecule has 0 saturated heterocycles. The third kappa shape index (κ3) is 4.21. The molecule has 1 aromatic carbocycles. The number of aryl methyl sites for hydroxylation is 1.